The first-order valence-corrected chi connectivity index (χ1v) is 4.22. The molecule has 1 rings (SSSR count). The molecule has 0 aliphatic rings. The van der Waals surface area contributed by atoms with Crippen LogP contribution in [0, 0.1) is 17.5 Å². The van der Waals surface area contributed by atoms with E-state index in [0.717, 1.165) is 6.07 Å². The molecule has 0 unspecified atom stereocenters. The van der Waals surface area contributed by atoms with Crippen LogP contribution in [-0.4, -0.2) is 11.3 Å². The van der Waals surface area contributed by atoms with Crippen molar-refractivity contribution >= 4 is 5.78 Å². The molecule has 1 aromatic rings. The molecular formula is C10H10F3NO. The standard InChI is InChI=1S/C10H10F3NO/c1-10(2,14)9(15)5-3-4-6(11)8(13)7(5)12/h3-4H,14H2,1-2H3. The molecule has 0 fully saturated rings. The molecule has 0 aliphatic heterocycles. The van der Waals surface area contributed by atoms with Gasteiger partial charge in [0.25, 0.3) is 0 Å². The molecular weight excluding hydrogens is 207 g/mol. The van der Waals surface area contributed by atoms with E-state index in [9.17, 15) is 18.0 Å². The van der Waals surface area contributed by atoms with Gasteiger partial charge in [0.1, 0.15) is 0 Å². The minimum Gasteiger partial charge on any atom is -0.319 e. The van der Waals surface area contributed by atoms with Crippen molar-refractivity contribution in [1.29, 1.82) is 0 Å². The van der Waals surface area contributed by atoms with E-state index in [0.29, 0.717) is 6.07 Å². The van der Waals surface area contributed by atoms with Crippen LogP contribution in [0.25, 0.3) is 0 Å². The summed E-state index contributed by atoms with van der Waals surface area (Å²) in [6, 6.07) is 1.57. The second-order valence-electron chi connectivity index (χ2n) is 3.77. The molecule has 0 aromatic heterocycles. The highest BCUT2D eigenvalue weighted by Crippen LogP contribution is 2.18. The summed E-state index contributed by atoms with van der Waals surface area (Å²) in [6.07, 6.45) is 0. The molecule has 0 atom stereocenters. The Morgan fingerprint density at radius 2 is 1.73 bits per heavy atom. The predicted octanol–water partition coefficient (Wildman–Crippen LogP) is 2.02. The number of hydrogen-bond donors (Lipinski definition) is 1. The Morgan fingerprint density at radius 3 is 2.20 bits per heavy atom. The largest absolute Gasteiger partial charge is 0.319 e. The fraction of sp³-hybridized carbons (Fsp3) is 0.300. The van der Waals surface area contributed by atoms with Crippen LogP contribution in [-0.2, 0) is 0 Å². The van der Waals surface area contributed by atoms with Gasteiger partial charge in [0.2, 0.25) is 0 Å². The minimum absolute atomic E-state index is 0.540. The van der Waals surface area contributed by atoms with Crippen molar-refractivity contribution in [3.8, 4) is 0 Å². The van der Waals surface area contributed by atoms with E-state index < -0.39 is 34.3 Å². The molecule has 0 saturated heterocycles. The van der Waals surface area contributed by atoms with E-state index in [1.54, 1.807) is 0 Å². The van der Waals surface area contributed by atoms with Crippen LogP contribution >= 0.6 is 0 Å². The van der Waals surface area contributed by atoms with Gasteiger partial charge in [-0.3, -0.25) is 4.79 Å². The van der Waals surface area contributed by atoms with Crippen molar-refractivity contribution in [3.63, 3.8) is 0 Å². The van der Waals surface area contributed by atoms with Crippen LogP contribution in [0.1, 0.15) is 24.2 Å². The van der Waals surface area contributed by atoms with Crippen LogP contribution < -0.4 is 5.73 Å². The molecule has 0 radical (unpaired) electrons. The summed E-state index contributed by atoms with van der Waals surface area (Å²) in [7, 11) is 0. The lowest BCUT2D eigenvalue weighted by Gasteiger charge is -2.17. The molecule has 0 aliphatic carbocycles. The van der Waals surface area contributed by atoms with E-state index in [1.165, 1.54) is 13.8 Å². The fourth-order valence-electron chi connectivity index (χ4n) is 1.05. The molecule has 5 heteroatoms. The molecule has 0 amide bonds. The number of ketones is 1. The molecule has 0 spiro atoms. The van der Waals surface area contributed by atoms with Gasteiger partial charge in [-0.05, 0) is 26.0 Å². The fourth-order valence-corrected chi connectivity index (χ4v) is 1.05. The number of halogens is 3. The zero-order chi connectivity index (χ0) is 11.8. The van der Waals surface area contributed by atoms with E-state index in [-0.39, 0.29) is 0 Å². The Morgan fingerprint density at radius 1 is 1.20 bits per heavy atom. The highest BCUT2D eigenvalue weighted by molar-refractivity contribution is 6.02. The topological polar surface area (TPSA) is 43.1 Å². The molecule has 0 bridgehead atoms. The summed E-state index contributed by atoms with van der Waals surface area (Å²) in [5.41, 5.74) is 3.57. The number of carbonyl (C=O) groups is 1. The van der Waals surface area contributed by atoms with Crippen LogP contribution in [0.4, 0.5) is 13.2 Å². The summed E-state index contributed by atoms with van der Waals surface area (Å²) in [5.74, 6) is -5.28. The number of benzene rings is 1. The number of rotatable bonds is 2. The molecule has 0 heterocycles. The van der Waals surface area contributed by atoms with E-state index >= 15 is 0 Å². The van der Waals surface area contributed by atoms with Gasteiger partial charge < -0.3 is 5.73 Å². The average Bonchev–Trinajstić information content (AvgIpc) is 2.12. The smallest absolute Gasteiger partial charge is 0.195 e. The second kappa shape index (κ2) is 3.66. The van der Waals surface area contributed by atoms with Gasteiger partial charge in [0.05, 0.1) is 11.1 Å². The maximum atomic E-state index is 13.2. The minimum atomic E-state index is -1.66. The number of carbonyl (C=O) groups excluding carboxylic acids is 1. The van der Waals surface area contributed by atoms with Crippen molar-refractivity contribution in [3.05, 3.63) is 35.1 Å². The van der Waals surface area contributed by atoms with E-state index in [2.05, 4.69) is 0 Å². The highest BCUT2D eigenvalue weighted by Gasteiger charge is 2.28. The number of nitrogens with two attached hydrogens (primary N) is 1. The first kappa shape index (κ1) is 11.7. The third-order valence-corrected chi connectivity index (χ3v) is 1.87. The van der Waals surface area contributed by atoms with E-state index in [4.69, 9.17) is 5.73 Å². The lowest BCUT2D eigenvalue weighted by Crippen LogP contribution is -2.42. The Labute approximate surface area is 84.9 Å². The first-order valence-electron chi connectivity index (χ1n) is 4.22. The van der Waals surface area contributed by atoms with E-state index in [1.807, 2.05) is 0 Å². The van der Waals surface area contributed by atoms with Crippen LogP contribution in [0.5, 0.6) is 0 Å². The summed E-state index contributed by atoms with van der Waals surface area (Å²) < 4.78 is 38.5. The molecule has 1 aromatic carbocycles. The molecule has 2 N–H and O–H groups in total. The third-order valence-electron chi connectivity index (χ3n) is 1.87. The summed E-state index contributed by atoms with van der Waals surface area (Å²) in [5, 5.41) is 0. The van der Waals surface area contributed by atoms with Gasteiger partial charge in [-0.2, -0.15) is 0 Å². The summed E-state index contributed by atoms with van der Waals surface area (Å²) in [4.78, 5) is 11.5. The lowest BCUT2D eigenvalue weighted by molar-refractivity contribution is 0.0908. The Bertz CT molecular complexity index is 410. The van der Waals surface area contributed by atoms with Crippen LogP contribution in [0.3, 0.4) is 0 Å². The van der Waals surface area contributed by atoms with Crippen LogP contribution in [0.15, 0.2) is 12.1 Å². The zero-order valence-corrected chi connectivity index (χ0v) is 8.27. The van der Waals surface area contributed by atoms with Gasteiger partial charge in [0.15, 0.2) is 23.2 Å². The molecule has 2 nitrogen and oxygen atoms in total. The van der Waals surface area contributed by atoms with Gasteiger partial charge in [-0.25, -0.2) is 13.2 Å². The highest BCUT2D eigenvalue weighted by atomic mass is 19.2. The SMILES string of the molecule is CC(C)(N)C(=O)c1ccc(F)c(F)c1F. The molecule has 82 valence electrons. The summed E-state index contributed by atoms with van der Waals surface area (Å²) >= 11 is 0. The van der Waals surface area contributed by atoms with Crippen molar-refractivity contribution < 1.29 is 18.0 Å². The maximum absolute atomic E-state index is 13.2. The van der Waals surface area contributed by atoms with Gasteiger partial charge >= 0.3 is 0 Å². The Hall–Kier alpha value is -1.36. The monoisotopic (exact) mass is 217 g/mol. The Balaban J connectivity index is 3.29. The van der Waals surface area contributed by atoms with Gasteiger partial charge in [0, 0.05) is 0 Å². The normalized spacial score (nSPS) is 11.6. The van der Waals surface area contributed by atoms with Gasteiger partial charge in [-0.1, -0.05) is 0 Å². The van der Waals surface area contributed by atoms with Crippen molar-refractivity contribution in [2.24, 2.45) is 5.73 Å². The maximum Gasteiger partial charge on any atom is 0.195 e. The lowest BCUT2D eigenvalue weighted by atomic mass is 9.94. The van der Waals surface area contributed by atoms with Crippen molar-refractivity contribution in [2.75, 3.05) is 0 Å². The van der Waals surface area contributed by atoms with Crippen molar-refractivity contribution in [2.45, 2.75) is 19.4 Å². The van der Waals surface area contributed by atoms with Crippen molar-refractivity contribution in [1.82, 2.24) is 0 Å². The van der Waals surface area contributed by atoms with Gasteiger partial charge in [-0.15, -0.1) is 0 Å². The second-order valence-corrected chi connectivity index (χ2v) is 3.77. The zero-order valence-electron chi connectivity index (χ0n) is 8.27. The number of Topliss-reactive ketones (excluding diaryl/α,β-unsaturated/α-hetero) is 1. The van der Waals surface area contributed by atoms with Crippen LogP contribution in [0.2, 0.25) is 0 Å². The Kier molecular flexibility index (Phi) is 2.86. The molecule has 15 heavy (non-hydrogen) atoms. The predicted molar refractivity (Wildman–Crippen MR) is 48.9 cm³/mol. The molecule has 0 saturated carbocycles. The average molecular weight is 217 g/mol. The quantitative estimate of drug-likeness (QED) is 0.608. The number of hydrogen-bond acceptors (Lipinski definition) is 2. The first-order chi connectivity index (χ1) is 6.75. The third kappa shape index (κ3) is 2.18. The summed E-state index contributed by atoms with van der Waals surface area (Å²) in [6.45, 7) is 2.71.